The van der Waals surface area contributed by atoms with E-state index < -0.39 is 27.8 Å². The molecule has 0 aliphatic rings. The fourth-order valence-electron chi connectivity index (χ4n) is 2.17. The minimum atomic E-state index is -3.62. The Kier molecular flexibility index (Phi) is 5.66. The number of halogens is 1. The fourth-order valence-corrected chi connectivity index (χ4v) is 3.56. The number of nitrogens with one attached hydrogen (secondary N) is 2. The summed E-state index contributed by atoms with van der Waals surface area (Å²) in [4.78, 5) is 11.3. The van der Waals surface area contributed by atoms with Crippen LogP contribution in [0.15, 0.2) is 48.5 Å². The number of carbonyl (C=O) groups is 1. The van der Waals surface area contributed by atoms with Gasteiger partial charge in [0.05, 0.1) is 5.75 Å². The van der Waals surface area contributed by atoms with Gasteiger partial charge >= 0.3 is 0 Å². The Morgan fingerprint density at radius 3 is 2.25 bits per heavy atom. The van der Waals surface area contributed by atoms with Crippen LogP contribution < -0.4 is 10.2 Å². The quantitative estimate of drug-likeness (QED) is 0.548. The lowest BCUT2D eigenvalue weighted by molar-refractivity contribution is 0.0706. The van der Waals surface area contributed by atoms with E-state index in [2.05, 4.69) is 4.72 Å². The highest BCUT2D eigenvalue weighted by Gasteiger charge is 2.17. The van der Waals surface area contributed by atoms with Crippen molar-refractivity contribution >= 4 is 15.9 Å². The van der Waals surface area contributed by atoms with Crippen molar-refractivity contribution in [3.63, 3.8) is 0 Å². The average Bonchev–Trinajstić information content (AvgIpc) is 2.55. The van der Waals surface area contributed by atoms with Crippen LogP contribution in [0.5, 0.6) is 0 Å². The Hall–Kier alpha value is -2.29. The van der Waals surface area contributed by atoms with E-state index in [0.29, 0.717) is 11.1 Å². The van der Waals surface area contributed by atoms with Gasteiger partial charge in [-0.25, -0.2) is 23.0 Å². The lowest BCUT2D eigenvalue weighted by Gasteiger charge is -2.15. The maximum Gasteiger partial charge on any atom is 0.274 e. The van der Waals surface area contributed by atoms with E-state index in [1.165, 1.54) is 41.9 Å². The molecule has 0 spiro atoms. The number of benzene rings is 2. The Morgan fingerprint density at radius 1 is 1.12 bits per heavy atom. The second-order valence-electron chi connectivity index (χ2n) is 5.29. The first kappa shape index (κ1) is 18.1. The van der Waals surface area contributed by atoms with Crippen LogP contribution in [-0.4, -0.2) is 19.5 Å². The molecule has 1 atom stereocenters. The molecular formula is C16H17FN2O4S. The van der Waals surface area contributed by atoms with Crippen LogP contribution in [0.2, 0.25) is 0 Å². The summed E-state index contributed by atoms with van der Waals surface area (Å²) < 4.78 is 39.8. The second kappa shape index (κ2) is 7.52. The molecule has 6 nitrogen and oxygen atoms in total. The van der Waals surface area contributed by atoms with Crippen molar-refractivity contribution in [1.29, 1.82) is 0 Å². The molecule has 0 heterocycles. The zero-order valence-corrected chi connectivity index (χ0v) is 13.7. The van der Waals surface area contributed by atoms with Crippen LogP contribution in [0.1, 0.15) is 34.5 Å². The molecule has 3 N–H and O–H groups in total. The number of rotatable bonds is 6. The van der Waals surface area contributed by atoms with Gasteiger partial charge in [-0.1, -0.05) is 24.3 Å². The van der Waals surface area contributed by atoms with Gasteiger partial charge < -0.3 is 0 Å². The SMILES string of the molecule is CC(NS(=O)(=O)Cc1ccc(F)cc1)c1ccc(C(=O)NO)cc1. The topological polar surface area (TPSA) is 95.5 Å². The molecule has 0 saturated heterocycles. The normalized spacial score (nSPS) is 12.6. The first-order chi connectivity index (χ1) is 11.3. The van der Waals surface area contributed by atoms with Crippen molar-refractivity contribution in [1.82, 2.24) is 10.2 Å². The summed E-state index contributed by atoms with van der Waals surface area (Å²) in [6, 6.07) is 10.9. The van der Waals surface area contributed by atoms with Crippen molar-refractivity contribution in [2.24, 2.45) is 0 Å². The van der Waals surface area contributed by atoms with E-state index in [-0.39, 0.29) is 11.3 Å². The summed E-state index contributed by atoms with van der Waals surface area (Å²) >= 11 is 0. The molecule has 2 aromatic rings. The van der Waals surface area contributed by atoms with Gasteiger partial charge in [0, 0.05) is 11.6 Å². The molecule has 1 unspecified atom stereocenters. The minimum absolute atomic E-state index is 0.252. The predicted molar refractivity (Wildman–Crippen MR) is 86.3 cm³/mol. The number of hydroxylamine groups is 1. The lowest BCUT2D eigenvalue weighted by atomic mass is 10.1. The lowest BCUT2D eigenvalue weighted by Crippen LogP contribution is -2.28. The molecule has 0 aliphatic heterocycles. The maximum absolute atomic E-state index is 12.9. The highest BCUT2D eigenvalue weighted by atomic mass is 32.2. The molecule has 2 aromatic carbocycles. The molecule has 0 saturated carbocycles. The van der Waals surface area contributed by atoms with E-state index >= 15 is 0 Å². The predicted octanol–water partition coefficient (Wildman–Crippen LogP) is 2.13. The Labute approximate surface area is 139 Å². The van der Waals surface area contributed by atoms with Crippen LogP contribution in [0.25, 0.3) is 0 Å². The first-order valence-corrected chi connectivity index (χ1v) is 8.75. The van der Waals surface area contributed by atoms with Crippen LogP contribution in [0.4, 0.5) is 4.39 Å². The highest BCUT2D eigenvalue weighted by molar-refractivity contribution is 7.88. The number of hydrogen-bond acceptors (Lipinski definition) is 4. The maximum atomic E-state index is 12.9. The summed E-state index contributed by atoms with van der Waals surface area (Å²) in [7, 11) is -3.62. The van der Waals surface area contributed by atoms with E-state index in [9.17, 15) is 17.6 Å². The molecular weight excluding hydrogens is 335 g/mol. The molecule has 0 fully saturated rings. The monoisotopic (exact) mass is 352 g/mol. The van der Waals surface area contributed by atoms with Crippen LogP contribution in [-0.2, 0) is 15.8 Å². The Bertz CT molecular complexity index is 805. The Balaban J connectivity index is 2.05. The van der Waals surface area contributed by atoms with Gasteiger partial charge in [-0.15, -0.1) is 0 Å². The van der Waals surface area contributed by atoms with Gasteiger partial charge in [0.25, 0.3) is 5.91 Å². The van der Waals surface area contributed by atoms with Crippen molar-refractivity contribution in [2.75, 3.05) is 0 Å². The molecule has 24 heavy (non-hydrogen) atoms. The minimum Gasteiger partial charge on any atom is -0.288 e. The average molecular weight is 352 g/mol. The van der Waals surface area contributed by atoms with Crippen molar-refractivity contribution < 1.29 is 22.8 Å². The van der Waals surface area contributed by atoms with E-state index in [4.69, 9.17) is 5.21 Å². The zero-order chi connectivity index (χ0) is 17.7. The Morgan fingerprint density at radius 2 is 1.71 bits per heavy atom. The molecule has 128 valence electrons. The van der Waals surface area contributed by atoms with Crippen molar-refractivity contribution in [3.8, 4) is 0 Å². The third-order valence-corrected chi connectivity index (χ3v) is 4.83. The molecule has 1 amide bonds. The van der Waals surface area contributed by atoms with E-state index in [0.717, 1.165) is 0 Å². The van der Waals surface area contributed by atoms with Gasteiger partial charge in [0.2, 0.25) is 10.0 Å². The standard InChI is InChI=1S/C16H17FN2O4S/c1-11(13-4-6-14(7-5-13)16(20)18-21)19-24(22,23)10-12-2-8-15(17)9-3-12/h2-9,11,19,21H,10H2,1H3,(H,18,20). The third-order valence-electron chi connectivity index (χ3n) is 3.40. The molecule has 0 aromatic heterocycles. The summed E-state index contributed by atoms with van der Waals surface area (Å²) in [5.74, 6) is -1.33. The van der Waals surface area contributed by atoms with Gasteiger partial charge in [0.1, 0.15) is 5.82 Å². The number of sulfonamides is 1. The van der Waals surface area contributed by atoms with E-state index in [1.54, 1.807) is 19.1 Å². The molecule has 0 aliphatic carbocycles. The number of carbonyl (C=O) groups excluding carboxylic acids is 1. The number of amides is 1. The van der Waals surface area contributed by atoms with Crippen molar-refractivity contribution in [2.45, 2.75) is 18.7 Å². The highest BCUT2D eigenvalue weighted by Crippen LogP contribution is 2.16. The molecule has 0 bridgehead atoms. The van der Waals surface area contributed by atoms with E-state index in [1.807, 2.05) is 0 Å². The van der Waals surface area contributed by atoms with Gasteiger partial charge in [-0.05, 0) is 42.3 Å². The molecule has 8 heteroatoms. The first-order valence-electron chi connectivity index (χ1n) is 7.09. The van der Waals surface area contributed by atoms with Crippen LogP contribution in [0.3, 0.4) is 0 Å². The van der Waals surface area contributed by atoms with Crippen LogP contribution in [0, 0.1) is 5.82 Å². The molecule has 0 radical (unpaired) electrons. The summed E-state index contributed by atoms with van der Waals surface area (Å²) in [5, 5.41) is 8.56. The van der Waals surface area contributed by atoms with Crippen LogP contribution >= 0.6 is 0 Å². The number of hydrogen-bond donors (Lipinski definition) is 3. The van der Waals surface area contributed by atoms with Gasteiger partial charge in [0.15, 0.2) is 0 Å². The van der Waals surface area contributed by atoms with Gasteiger partial charge in [-0.3, -0.25) is 10.0 Å². The fraction of sp³-hybridized carbons (Fsp3) is 0.188. The summed E-state index contributed by atoms with van der Waals surface area (Å²) in [6.07, 6.45) is 0. The summed E-state index contributed by atoms with van der Waals surface area (Å²) in [5.41, 5.74) is 2.91. The third kappa shape index (κ3) is 4.85. The zero-order valence-electron chi connectivity index (χ0n) is 12.9. The van der Waals surface area contributed by atoms with Crippen molar-refractivity contribution in [3.05, 3.63) is 71.0 Å². The second-order valence-corrected chi connectivity index (χ2v) is 7.04. The smallest absolute Gasteiger partial charge is 0.274 e. The summed E-state index contributed by atoms with van der Waals surface area (Å²) in [6.45, 7) is 1.67. The van der Waals surface area contributed by atoms with Gasteiger partial charge in [-0.2, -0.15) is 0 Å². The largest absolute Gasteiger partial charge is 0.288 e. The molecule has 2 rings (SSSR count).